The van der Waals surface area contributed by atoms with E-state index in [-0.39, 0.29) is 15.9 Å². The Morgan fingerprint density at radius 3 is 2.67 bits per heavy atom. The molecule has 0 unspecified atom stereocenters. The second-order valence-electron chi connectivity index (χ2n) is 3.02. The molecular formula is C9H5Cl2NO3. The molecule has 15 heavy (non-hydrogen) atoms. The molecule has 0 amide bonds. The molecule has 0 bridgehead atoms. The highest BCUT2D eigenvalue weighted by molar-refractivity contribution is 6.39. The van der Waals surface area contributed by atoms with Gasteiger partial charge in [0.1, 0.15) is 5.39 Å². The molecule has 0 spiro atoms. The van der Waals surface area contributed by atoms with E-state index in [1.165, 1.54) is 6.07 Å². The van der Waals surface area contributed by atoms with E-state index < -0.39 is 11.4 Å². The van der Waals surface area contributed by atoms with E-state index in [1.54, 1.807) is 6.92 Å². The molecule has 0 atom stereocenters. The molecular weight excluding hydrogens is 241 g/mol. The van der Waals surface area contributed by atoms with E-state index in [4.69, 9.17) is 23.2 Å². The summed E-state index contributed by atoms with van der Waals surface area (Å²) < 4.78 is 4.37. The van der Waals surface area contributed by atoms with Crippen molar-refractivity contribution in [3.05, 3.63) is 42.6 Å². The van der Waals surface area contributed by atoms with Gasteiger partial charge in [0, 0.05) is 5.02 Å². The van der Waals surface area contributed by atoms with Crippen molar-refractivity contribution in [1.29, 1.82) is 0 Å². The fourth-order valence-corrected chi connectivity index (χ4v) is 1.82. The Balaban J connectivity index is 3.13. The number of H-pyrrole nitrogens is 1. The molecule has 2 rings (SSSR count). The largest absolute Gasteiger partial charge is 0.419 e. The number of fused-ring (bicyclic) bond motifs is 1. The lowest BCUT2D eigenvalue weighted by Gasteiger charge is -2.03. The minimum Gasteiger partial charge on any atom is -0.372 e. The van der Waals surface area contributed by atoms with Crippen LogP contribution in [-0.4, -0.2) is 4.98 Å². The fraction of sp³-hybridized carbons (Fsp3) is 0.111. The van der Waals surface area contributed by atoms with Gasteiger partial charge in [-0.1, -0.05) is 23.2 Å². The van der Waals surface area contributed by atoms with Gasteiger partial charge < -0.3 is 4.42 Å². The zero-order valence-corrected chi connectivity index (χ0v) is 9.07. The maximum absolute atomic E-state index is 11.4. The monoisotopic (exact) mass is 245 g/mol. The van der Waals surface area contributed by atoms with Gasteiger partial charge in [-0.05, 0) is 18.6 Å². The van der Waals surface area contributed by atoms with Crippen molar-refractivity contribution in [2.75, 3.05) is 0 Å². The molecule has 0 radical (unpaired) electrons. The predicted molar refractivity (Wildman–Crippen MR) is 57.9 cm³/mol. The first-order chi connectivity index (χ1) is 7.00. The molecule has 0 aliphatic rings. The Labute approximate surface area is 93.4 Å². The average Bonchev–Trinajstić information content (AvgIpc) is 2.13. The van der Waals surface area contributed by atoms with Crippen LogP contribution in [0.4, 0.5) is 0 Å². The number of hydrogen-bond donors (Lipinski definition) is 1. The molecule has 0 aliphatic heterocycles. The van der Waals surface area contributed by atoms with Crippen molar-refractivity contribution in [3.63, 3.8) is 0 Å². The zero-order valence-electron chi connectivity index (χ0n) is 7.56. The molecule has 2 aromatic rings. The van der Waals surface area contributed by atoms with Crippen LogP contribution in [0.3, 0.4) is 0 Å². The van der Waals surface area contributed by atoms with Crippen LogP contribution in [0.1, 0.15) is 5.56 Å². The fourth-order valence-electron chi connectivity index (χ4n) is 1.29. The summed E-state index contributed by atoms with van der Waals surface area (Å²) in [7, 11) is 0. The summed E-state index contributed by atoms with van der Waals surface area (Å²) in [6.45, 7) is 1.68. The van der Waals surface area contributed by atoms with Gasteiger partial charge in [0.2, 0.25) is 0 Å². The third-order valence-corrected chi connectivity index (χ3v) is 2.94. The second kappa shape index (κ2) is 3.40. The standard InChI is InChI=1S/C9H5Cl2NO3/c1-3-4(10)2-5-6(7(3)11)8(13)15-9(14)12-5/h2H,1H3,(H,12,14). The van der Waals surface area contributed by atoms with Crippen LogP contribution in [0.5, 0.6) is 0 Å². The van der Waals surface area contributed by atoms with Crippen LogP contribution in [0.15, 0.2) is 20.1 Å². The van der Waals surface area contributed by atoms with Crippen LogP contribution in [-0.2, 0) is 0 Å². The quantitative estimate of drug-likeness (QED) is 0.774. The lowest BCUT2D eigenvalue weighted by atomic mass is 10.2. The number of halogens is 2. The van der Waals surface area contributed by atoms with Gasteiger partial charge in [-0.25, -0.2) is 9.59 Å². The Kier molecular flexibility index (Phi) is 2.32. The van der Waals surface area contributed by atoms with E-state index in [2.05, 4.69) is 9.40 Å². The summed E-state index contributed by atoms with van der Waals surface area (Å²) >= 11 is 11.8. The van der Waals surface area contributed by atoms with Crippen molar-refractivity contribution in [3.8, 4) is 0 Å². The number of aromatic amines is 1. The molecule has 0 fully saturated rings. The topological polar surface area (TPSA) is 63.1 Å². The first-order valence-electron chi connectivity index (χ1n) is 4.02. The van der Waals surface area contributed by atoms with Crippen molar-refractivity contribution in [2.24, 2.45) is 0 Å². The summed E-state index contributed by atoms with van der Waals surface area (Å²) in [5.41, 5.74) is 0.0838. The van der Waals surface area contributed by atoms with Gasteiger partial charge in [0.15, 0.2) is 0 Å². The average molecular weight is 246 g/mol. The smallest absolute Gasteiger partial charge is 0.372 e. The Morgan fingerprint density at radius 1 is 1.33 bits per heavy atom. The van der Waals surface area contributed by atoms with Gasteiger partial charge >= 0.3 is 11.4 Å². The summed E-state index contributed by atoms with van der Waals surface area (Å²) in [5.74, 6) is -0.830. The third-order valence-electron chi connectivity index (χ3n) is 2.07. The molecule has 1 N–H and O–H groups in total. The van der Waals surface area contributed by atoms with Gasteiger partial charge in [0.05, 0.1) is 10.5 Å². The van der Waals surface area contributed by atoms with E-state index >= 15 is 0 Å². The lowest BCUT2D eigenvalue weighted by molar-refractivity contribution is 0.460. The summed E-state index contributed by atoms with van der Waals surface area (Å²) in [4.78, 5) is 24.6. The van der Waals surface area contributed by atoms with Gasteiger partial charge in [0.25, 0.3) is 0 Å². The number of benzene rings is 1. The van der Waals surface area contributed by atoms with Crippen LogP contribution in [0, 0.1) is 6.92 Å². The number of rotatable bonds is 0. The minimum absolute atomic E-state index is 0.137. The first kappa shape index (κ1) is 10.3. The van der Waals surface area contributed by atoms with Gasteiger partial charge in [-0.3, -0.25) is 4.98 Å². The van der Waals surface area contributed by atoms with Crippen LogP contribution >= 0.6 is 23.2 Å². The second-order valence-corrected chi connectivity index (χ2v) is 3.81. The summed E-state index contributed by atoms with van der Waals surface area (Å²) in [6.07, 6.45) is 0. The third kappa shape index (κ3) is 1.56. The number of aromatic nitrogens is 1. The molecule has 0 aliphatic carbocycles. The minimum atomic E-state index is -0.830. The van der Waals surface area contributed by atoms with Crippen molar-refractivity contribution >= 4 is 34.1 Å². The highest BCUT2D eigenvalue weighted by Gasteiger charge is 2.12. The Hall–Kier alpha value is -1.26. The predicted octanol–water partition coefficient (Wildman–Crippen LogP) is 2.10. The molecule has 1 aromatic heterocycles. The molecule has 78 valence electrons. The van der Waals surface area contributed by atoms with E-state index in [9.17, 15) is 9.59 Å². The van der Waals surface area contributed by atoms with Crippen LogP contribution in [0.2, 0.25) is 10.0 Å². The molecule has 4 nitrogen and oxygen atoms in total. The van der Waals surface area contributed by atoms with Crippen molar-refractivity contribution < 1.29 is 4.42 Å². The molecule has 0 saturated heterocycles. The molecule has 1 aromatic carbocycles. The maximum atomic E-state index is 11.4. The summed E-state index contributed by atoms with van der Waals surface area (Å²) in [5, 5.41) is 0.717. The van der Waals surface area contributed by atoms with Crippen LogP contribution < -0.4 is 11.4 Å². The number of hydrogen-bond acceptors (Lipinski definition) is 3. The van der Waals surface area contributed by atoms with Crippen molar-refractivity contribution in [2.45, 2.75) is 6.92 Å². The lowest BCUT2D eigenvalue weighted by Crippen LogP contribution is -2.15. The van der Waals surface area contributed by atoms with Gasteiger partial charge in [-0.2, -0.15) is 0 Å². The molecule has 1 heterocycles. The Bertz CT molecular complexity index is 657. The zero-order chi connectivity index (χ0) is 11.2. The normalized spacial score (nSPS) is 10.9. The maximum Gasteiger partial charge on any atom is 0.419 e. The van der Waals surface area contributed by atoms with Crippen LogP contribution in [0.25, 0.3) is 10.9 Å². The molecule has 6 heteroatoms. The van der Waals surface area contributed by atoms with Gasteiger partial charge in [-0.15, -0.1) is 0 Å². The highest BCUT2D eigenvalue weighted by atomic mass is 35.5. The highest BCUT2D eigenvalue weighted by Crippen LogP contribution is 2.28. The molecule has 0 saturated carbocycles. The van der Waals surface area contributed by atoms with Crippen molar-refractivity contribution in [1.82, 2.24) is 4.98 Å². The Morgan fingerprint density at radius 2 is 2.00 bits per heavy atom. The van der Waals surface area contributed by atoms with E-state index in [0.717, 1.165) is 0 Å². The van der Waals surface area contributed by atoms with E-state index in [0.29, 0.717) is 10.6 Å². The first-order valence-corrected chi connectivity index (χ1v) is 4.78. The number of nitrogens with one attached hydrogen (secondary N) is 1. The summed E-state index contributed by atoms with van der Waals surface area (Å²) in [6, 6.07) is 1.47. The van der Waals surface area contributed by atoms with E-state index in [1.807, 2.05) is 0 Å². The SMILES string of the molecule is Cc1c(Cl)cc2[nH]c(=O)oc(=O)c2c1Cl.